The van der Waals surface area contributed by atoms with Gasteiger partial charge in [-0.25, -0.2) is 0 Å². The number of thioether (sulfide) groups is 1. The summed E-state index contributed by atoms with van der Waals surface area (Å²) in [6.07, 6.45) is 0. The first-order valence-corrected chi connectivity index (χ1v) is 7.17. The number of aromatic nitrogens is 2. The molecule has 6 nitrogen and oxygen atoms in total. The highest BCUT2D eigenvalue weighted by Crippen LogP contribution is 2.19. The molecule has 0 spiro atoms. The van der Waals surface area contributed by atoms with Crippen molar-refractivity contribution in [2.45, 2.75) is 18.7 Å². The van der Waals surface area contributed by atoms with Gasteiger partial charge in [0.25, 0.3) is 5.89 Å². The molecule has 20 heavy (non-hydrogen) atoms. The molecule has 0 aliphatic heterocycles. The molecule has 1 aromatic heterocycles. The molecule has 0 saturated carbocycles. The van der Waals surface area contributed by atoms with Gasteiger partial charge in [0.2, 0.25) is 0 Å². The van der Waals surface area contributed by atoms with E-state index in [1.807, 2.05) is 31.2 Å². The van der Waals surface area contributed by atoms with Crippen LogP contribution in [0, 0.1) is 6.92 Å². The number of benzene rings is 1. The summed E-state index contributed by atoms with van der Waals surface area (Å²) < 4.78 is 5.17. The minimum Gasteiger partial charge on any atom is -0.480 e. The van der Waals surface area contributed by atoms with E-state index in [9.17, 15) is 4.79 Å². The van der Waals surface area contributed by atoms with Crippen LogP contribution in [0.5, 0.6) is 0 Å². The number of rotatable bonds is 6. The van der Waals surface area contributed by atoms with E-state index in [-0.39, 0.29) is 0 Å². The first-order valence-electron chi connectivity index (χ1n) is 6.02. The first-order chi connectivity index (χ1) is 9.56. The molecule has 0 fully saturated rings. The van der Waals surface area contributed by atoms with Crippen LogP contribution in [0.2, 0.25) is 0 Å². The molecule has 1 atom stereocenters. The van der Waals surface area contributed by atoms with Crippen LogP contribution < -0.4 is 5.73 Å². The molecule has 0 aliphatic carbocycles. The summed E-state index contributed by atoms with van der Waals surface area (Å²) in [5.74, 6) is 0.761. The van der Waals surface area contributed by atoms with Crippen molar-refractivity contribution in [2.75, 3.05) is 5.75 Å². The van der Waals surface area contributed by atoms with Crippen molar-refractivity contribution in [3.05, 3.63) is 35.7 Å². The lowest BCUT2D eigenvalue weighted by Gasteiger charge is -2.03. The number of carbonyl (C=O) groups is 1. The molecule has 1 aromatic carbocycles. The first kappa shape index (κ1) is 14.5. The Bertz CT molecular complexity index is 583. The lowest BCUT2D eigenvalue weighted by molar-refractivity contribution is -0.137. The van der Waals surface area contributed by atoms with Gasteiger partial charge in [0.15, 0.2) is 5.82 Å². The number of aliphatic carboxylic acids is 1. The fourth-order valence-corrected chi connectivity index (χ4v) is 2.29. The number of nitrogens with two attached hydrogens (primary N) is 1. The summed E-state index contributed by atoms with van der Waals surface area (Å²) >= 11 is 1.36. The Hall–Kier alpha value is -1.86. The van der Waals surface area contributed by atoms with E-state index in [1.165, 1.54) is 11.8 Å². The normalized spacial score (nSPS) is 12.3. The van der Waals surface area contributed by atoms with Gasteiger partial charge in [0, 0.05) is 11.3 Å². The quantitative estimate of drug-likeness (QED) is 0.835. The lowest BCUT2D eigenvalue weighted by atomic mass is 10.1. The van der Waals surface area contributed by atoms with E-state index in [0.717, 1.165) is 11.1 Å². The van der Waals surface area contributed by atoms with Gasteiger partial charge in [0.1, 0.15) is 6.04 Å². The Balaban J connectivity index is 1.92. The Kier molecular flexibility index (Phi) is 4.75. The van der Waals surface area contributed by atoms with E-state index in [0.29, 0.717) is 23.2 Å². The van der Waals surface area contributed by atoms with E-state index >= 15 is 0 Å². The molecule has 0 aliphatic rings. The maximum Gasteiger partial charge on any atom is 0.321 e. The Labute approximate surface area is 120 Å². The Morgan fingerprint density at radius 2 is 2.15 bits per heavy atom. The van der Waals surface area contributed by atoms with Gasteiger partial charge in [-0.05, 0) is 19.1 Å². The van der Waals surface area contributed by atoms with Crippen LogP contribution in [-0.2, 0) is 10.5 Å². The SMILES string of the molecule is Cc1ccc(-c2nc(CSCC(N)C(=O)O)no2)cc1. The predicted molar refractivity (Wildman–Crippen MR) is 76.2 cm³/mol. The van der Waals surface area contributed by atoms with Crippen LogP contribution in [-0.4, -0.2) is 33.0 Å². The number of hydrogen-bond acceptors (Lipinski definition) is 6. The second kappa shape index (κ2) is 6.53. The second-order valence-electron chi connectivity index (χ2n) is 4.34. The van der Waals surface area contributed by atoms with E-state index < -0.39 is 12.0 Å². The minimum atomic E-state index is -1.01. The molecule has 0 saturated heterocycles. The maximum atomic E-state index is 10.6. The zero-order valence-electron chi connectivity index (χ0n) is 10.9. The van der Waals surface area contributed by atoms with Gasteiger partial charge >= 0.3 is 5.97 Å². The van der Waals surface area contributed by atoms with Crippen LogP contribution in [0.3, 0.4) is 0 Å². The predicted octanol–water partition coefficient (Wildman–Crippen LogP) is 1.69. The van der Waals surface area contributed by atoms with Gasteiger partial charge in [0.05, 0.1) is 5.75 Å². The van der Waals surface area contributed by atoms with Gasteiger partial charge in [-0.2, -0.15) is 16.7 Å². The molecule has 1 unspecified atom stereocenters. The van der Waals surface area contributed by atoms with Crippen LogP contribution >= 0.6 is 11.8 Å². The molecule has 0 amide bonds. The van der Waals surface area contributed by atoms with E-state index in [4.69, 9.17) is 15.4 Å². The van der Waals surface area contributed by atoms with Gasteiger partial charge in [-0.15, -0.1) is 0 Å². The highest BCUT2D eigenvalue weighted by atomic mass is 32.2. The largest absolute Gasteiger partial charge is 0.480 e. The lowest BCUT2D eigenvalue weighted by Crippen LogP contribution is -2.32. The molecular formula is C13H15N3O3S. The molecule has 0 radical (unpaired) electrons. The number of aryl methyl sites for hydroxylation is 1. The van der Waals surface area contributed by atoms with Crippen molar-refractivity contribution in [2.24, 2.45) is 5.73 Å². The Morgan fingerprint density at radius 3 is 2.80 bits per heavy atom. The van der Waals surface area contributed by atoms with Crippen molar-refractivity contribution in [1.82, 2.24) is 10.1 Å². The monoisotopic (exact) mass is 293 g/mol. The smallest absolute Gasteiger partial charge is 0.321 e. The van der Waals surface area contributed by atoms with Crippen LogP contribution in [0.1, 0.15) is 11.4 Å². The van der Waals surface area contributed by atoms with Gasteiger partial charge < -0.3 is 15.4 Å². The highest BCUT2D eigenvalue weighted by molar-refractivity contribution is 7.98. The van der Waals surface area contributed by atoms with Crippen molar-refractivity contribution in [1.29, 1.82) is 0 Å². The summed E-state index contributed by atoms with van der Waals surface area (Å²) in [5.41, 5.74) is 7.43. The Morgan fingerprint density at radius 1 is 1.45 bits per heavy atom. The molecule has 1 heterocycles. The zero-order chi connectivity index (χ0) is 14.5. The number of hydrogen-bond donors (Lipinski definition) is 2. The fourth-order valence-electron chi connectivity index (χ4n) is 1.47. The van der Waals surface area contributed by atoms with E-state index in [1.54, 1.807) is 0 Å². The summed E-state index contributed by atoms with van der Waals surface area (Å²) in [5, 5.41) is 12.5. The molecule has 7 heteroatoms. The third-order valence-electron chi connectivity index (χ3n) is 2.61. The highest BCUT2D eigenvalue weighted by Gasteiger charge is 2.13. The average Bonchev–Trinajstić information content (AvgIpc) is 2.88. The minimum absolute atomic E-state index is 0.309. The molecule has 3 N–H and O–H groups in total. The third-order valence-corrected chi connectivity index (χ3v) is 3.67. The second-order valence-corrected chi connectivity index (χ2v) is 5.37. The molecule has 2 rings (SSSR count). The van der Waals surface area contributed by atoms with Crippen LogP contribution in [0.15, 0.2) is 28.8 Å². The van der Waals surface area contributed by atoms with E-state index in [2.05, 4.69) is 10.1 Å². The fraction of sp³-hybridized carbons (Fsp3) is 0.308. The summed E-state index contributed by atoms with van der Waals surface area (Å²) in [7, 11) is 0. The van der Waals surface area contributed by atoms with Crippen molar-refractivity contribution >= 4 is 17.7 Å². The van der Waals surface area contributed by atoms with Crippen molar-refractivity contribution in [3.63, 3.8) is 0 Å². The van der Waals surface area contributed by atoms with Gasteiger partial charge in [-0.3, -0.25) is 4.79 Å². The van der Waals surface area contributed by atoms with Crippen molar-refractivity contribution < 1.29 is 14.4 Å². The molecular weight excluding hydrogens is 278 g/mol. The average molecular weight is 293 g/mol. The summed E-state index contributed by atoms with van der Waals surface area (Å²) in [4.78, 5) is 14.8. The summed E-state index contributed by atoms with van der Waals surface area (Å²) in [6, 6.07) is 6.91. The molecule has 2 aromatic rings. The zero-order valence-corrected chi connectivity index (χ0v) is 11.8. The van der Waals surface area contributed by atoms with Crippen LogP contribution in [0.25, 0.3) is 11.5 Å². The number of carboxylic acids is 1. The standard InChI is InChI=1S/C13H15N3O3S/c1-8-2-4-9(5-3-8)12-15-11(16-19-12)7-20-6-10(14)13(17)18/h2-5,10H,6-7,14H2,1H3,(H,17,18). The van der Waals surface area contributed by atoms with Gasteiger partial charge in [-0.1, -0.05) is 22.9 Å². The molecule has 106 valence electrons. The summed E-state index contributed by atoms with van der Waals surface area (Å²) in [6.45, 7) is 2.01. The topological polar surface area (TPSA) is 102 Å². The van der Waals surface area contributed by atoms with Crippen LogP contribution in [0.4, 0.5) is 0 Å². The molecule has 0 bridgehead atoms. The van der Waals surface area contributed by atoms with Crippen molar-refractivity contribution in [3.8, 4) is 11.5 Å². The number of carboxylic acid groups (broad SMARTS) is 1. The number of nitrogens with zero attached hydrogens (tertiary/aromatic N) is 2. The maximum absolute atomic E-state index is 10.6. The third kappa shape index (κ3) is 3.82.